The van der Waals surface area contributed by atoms with Crippen molar-refractivity contribution in [2.75, 3.05) is 14.1 Å². The van der Waals surface area contributed by atoms with E-state index in [1.54, 1.807) is 5.33 Å². The maximum absolute atomic E-state index is 2.36. The second kappa shape index (κ2) is 2.65. The van der Waals surface area contributed by atoms with Crippen molar-refractivity contribution in [2.24, 2.45) is 0 Å². The Morgan fingerprint density at radius 2 is 1.44 bits per heavy atom. The van der Waals surface area contributed by atoms with Gasteiger partial charge in [0.15, 0.2) is 8.07 Å². The molecular formula is C7H18NSi+. The van der Waals surface area contributed by atoms with E-state index in [1.807, 2.05) is 0 Å². The van der Waals surface area contributed by atoms with Crippen molar-refractivity contribution in [2.45, 2.75) is 26.6 Å². The van der Waals surface area contributed by atoms with Crippen LogP contribution in [0, 0.1) is 0 Å². The SMILES string of the molecule is CC(=[N+](C)C)[Si](C)(C)C. The van der Waals surface area contributed by atoms with E-state index in [9.17, 15) is 0 Å². The van der Waals surface area contributed by atoms with Crippen LogP contribution in [0.15, 0.2) is 0 Å². The predicted molar refractivity (Wildman–Crippen MR) is 46.1 cm³/mol. The average molecular weight is 144 g/mol. The van der Waals surface area contributed by atoms with Crippen LogP contribution >= 0.6 is 0 Å². The van der Waals surface area contributed by atoms with Crippen molar-refractivity contribution >= 4 is 13.4 Å². The van der Waals surface area contributed by atoms with Crippen LogP contribution in [-0.4, -0.2) is 32.1 Å². The van der Waals surface area contributed by atoms with Crippen molar-refractivity contribution < 1.29 is 4.58 Å². The fraction of sp³-hybridized carbons (Fsp3) is 0.857. The highest BCUT2D eigenvalue weighted by Gasteiger charge is 2.23. The molecule has 0 spiro atoms. The van der Waals surface area contributed by atoms with E-state index in [4.69, 9.17) is 0 Å². The second-order valence-corrected chi connectivity index (χ2v) is 8.95. The molecular weight excluding hydrogens is 126 g/mol. The van der Waals surface area contributed by atoms with E-state index >= 15 is 0 Å². The van der Waals surface area contributed by atoms with Crippen molar-refractivity contribution in [3.8, 4) is 0 Å². The Morgan fingerprint density at radius 3 is 1.44 bits per heavy atom. The molecule has 0 fully saturated rings. The minimum Gasteiger partial charge on any atom is -0.247 e. The maximum atomic E-state index is 2.36. The molecule has 0 bridgehead atoms. The van der Waals surface area contributed by atoms with Crippen LogP contribution in [0.25, 0.3) is 0 Å². The number of hydrogen-bond acceptors (Lipinski definition) is 0. The lowest BCUT2D eigenvalue weighted by atomic mass is 10.8. The van der Waals surface area contributed by atoms with E-state index < -0.39 is 8.07 Å². The molecule has 0 aromatic rings. The zero-order chi connectivity index (χ0) is 7.65. The summed E-state index contributed by atoms with van der Waals surface area (Å²) in [7, 11) is 3.26. The highest BCUT2D eigenvalue weighted by molar-refractivity contribution is 7.03. The minimum atomic E-state index is -0.981. The van der Waals surface area contributed by atoms with Gasteiger partial charge in [-0.15, -0.1) is 0 Å². The van der Waals surface area contributed by atoms with Gasteiger partial charge in [0, 0.05) is 6.92 Å². The van der Waals surface area contributed by atoms with Gasteiger partial charge in [0.1, 0.15) is 19.4 Å². The Labute approximate surface area is 59.4 Å². The third kappa shape index (κ3) is 2.80. The molecule has 0 heterocycles. The van der Waals surface area contributed by atoms with Crippen molar-refractivity contribution in [1.82, 2.24) is 0 Å². The lowest BCUT2D eigenvalue weighted by Gasteiger charge is -2.11. The van der Waals surface area contributed by atoms with Gasteiger partial charge < -0.3 is 0 Å². The summed E-state index contributed by atoms with van der Waals surface area (Å²) in [5.74, 6) is 0. The van der Waals surface area contributed by atoms with Crippen LogP contribution in [0.3, 0.4) is 0 Å². The second-order valence-electron chi connectivity index (χ2n) is 3.73. The predicted octanol–water partition coefficient (Wildman–Crippen LogP) is 1.60. The molecule has 54 valence electrons. The molecule has 0 atom stereocenters. The van der Waals surface area contributed by atoms with Crippen molar-refractivity contribution in [3.05, 3.63) is 0 Å². The lowest BCUT2D eigenvalue weighted by molar-refractivity contribution is -0.462. The van der Waals surface area contributed by atoms with Crippen molar-refractivity contribution in [3.63, 3.8) is 0 Å². The summed E-state index contributed by atoms with van der Waals surface area (Å²) in [5, 5.41) is 1.56. The Bertz CT molecular complexity index is 126. The van der Waals surface area contributed by atoms with Gasteiger partial charge in [-0.3, -0.25) is 0 Å². The number of rotatable bonds is 1. The first-order valence-corrected chi connectivity index (χ1v) is 6.87. The monoisotopic (exact) mass is 144 g/mol. The molecule has 0 radical (unpaired) electrons. The minimum absolute atomic E-state index is 0.981. The summed E-state index contributed by atoms with van der Waals surface area (Å²) in [4.78, 5) is 0. The Morgan fingerprint density at radius 1 is 1.11 bits per heavy atom. The van der Waals surface area contributed by atoms with E-state index in [0.717, 1.165) is 0 Å². The third-order valence-corrected chi connectivity index (χ3v) is 4.37. The molecule has 2 heteroatoms. The van der Waals surface area contributed by atoms with Crippen LogP contribution < -0.4 is 0 Å². The fourth-order valence-electron chi connectivity index (χ4n) is 0.671. The highest BCUT2D eigenvalue weighted by Crippen LogP contribution is 2.01. The van der Waals surface area contributed by atoms with Gasteiger partial charge in [0.05, 0.1) is 0 Å². The first kappa shape index (κ1) is 8.89. The molecule has 0 unspecified atom stereocenters. The molecule has 0 N–H and O–H groups in total. The summed E-state index contributed by atoms with van der Waals surface area (Å²) in [6, 6.07) is 0. The average Bonchev–Trinajstić information content (AvgIpc) is 1.62. The molecule has 0 rings (SSSR count). The van der Waals surface area contributed by atoms with Crippen LogP contribution in [-0.2, 0) is 0 Å². The summed E-state index contributed by atoms with van der Waals surface area (Å²) in [6.45, 7) is 9.32. The zero-order valence-electron chi connectivity index (χ0n) is 7.45. The summed E-state index contributed by atoms with van der Waals surface area (Å²) >= 11 is 0. The van der Waals surface area contributed by atoms with Crippen LogP contribution in [0.4, 0.5) is 0 Å². The zero-order valence-corrected chi connectivity index (χ0v) is 8.45. The summed E-state index contributed by atoms with van der Waals surface area (Å²) in [6.07, 6.45) is 0. The van der Waals surface area contributed by atoms with Gasteiger partial charge in [0.2, 0.25) is 0 Å². The van der Waals surface area contributed by atoms with Gasteiger partial charge in [0.25, 0.3) is 0 Å². The first-order valence-electron chi connectivity index (χ1n) is 3.37. The molecule has 1 nitrogen and oxygen atoms in total. The van der Waals surface area contributed by atoms with E-state index in [1.165, 1.54) is 0 Å². The molecule has 0 saturated carbocycles. The topological polar surface area (TPSA) is 3.01 Å². The molecule has 0 aliphatic heterocycles. The molecule has 0 saturated heterocycles. The molecule has 9 heavy (non-hydrogen) atoms. The highest BCUT2D eigenvalue weighted by atomic mass is 28.3. The molecule has 0 aromatic carbocycles. The van der Waals surface area contributed by atoms with E-state index in [0.29, 0.717) is 0 Å². The van der Waals surface area contributed by atoms with Crippen LogP contribution in [0.2, 0.25) is 19.6 Å². The lowest BCUT2D eigenvalue weighted by Crippen LogP contribution is -2.36. The summed E-state index contributed by atoms with van der Waals surface area (Å²) < 4.78 is 2.23. The molecule has 0 aliphatic rings. The first-order chi connectivity index (χ1) is 3.85. The van der Waals surface area contributed by atoms with Crippen LogP contribution in [0.5, 0.6) is 0 Å². The van der Waals surface area contributed by atoms with Gasteiger partial charge in [-0.1, -0.05) is 19.6 Å². The van der Waals surface area contributed by atoms with E-state index in [-0.39, 0.29) is 0 Å². The molecule has 0 aliphatic carbocycles. The van der Waals surface area contributed by atoms with Gasteiger partial charge in [-0.05, 0) is 0 Å². The summed E-state index contributed by atoms with van der Waals surface area (Å²) in [5.41, 5.74) is 0. The van der Waals surface area contributed by atoms with E-state index in [2.05, 4.69) is 45.2 Å². The van der Waals surface area contributed by atoms with Gasteiger partial charge >= 0.3 is 0 Å². The smallest absolute Gasteiger partial charge is 0.152 e. The maximum Gasteiger partial charge on any atom is 0.152 e. The number of hydrogen-bond donors (Lipinski definition) is 0. The third-order valence-electron chi connectivity index (χ3n) is 1.76. The largest absolute Gasteiger partial charge is 0.247 e. The Kier molecular flexibility index (Phi) is 2.61. The van der Waals surface area contributed by atoms with Gasteiger partial charge in [-0.25, -0.2) is 4.58 Å². The standard InChI is InChI=1S/C7H18NSi/c1-7(8(2)3)9(4,5)6/h1-6H3/q+1. The quantitative estimate of drug-likeness (QED) is 0.299. The normalized spacial score (nSPS) is 11.3. The Hall–Kier alpha value is -0.113. The van der Waals surface area contributed by atoms with Gasteiger partial charge in [-0.2, -0.15) is 0 Å². The Balaban J connectivity index is 4.40. The fourth-order valence-corrected chi connectivity index (χ4v) is 2.01. The van der Waals surface area contributed by atoms with Crippen molar-refractivity contribution in [1.29, 1.82) is 0 Å². The molecule has 0 amide bonds. The number of nitrogens with zero attached hydrogens (tertiary/aromatic N) is 1. The van der Waals surface area contributed by atoms with Crippen LogP contribution in [0.1, 0.15) is 6.92 Å². The molecule has 0 aromatic heterocycles.